The van der Waals surface area contributed by atoms with Gasteiger partial charge in [0.25, 0.3) is 5.91 Å². The predicted octanol–water partition coefficient (Wildman–Crippen LogP) is 2.95. The predicted molar refractivity (Wildman–Crippen MR) is 91.9 cm³/mol. The van der Waals surface area contributed by atoms with Gasteiger partial charge in [-0.3, -0.25) is 4.79 Å². The second kappa shape index (κ2) is 6.60. The largest absolute Gasteiger partial charge is 0.496 e. The van der Waals surface area contributed by atoms with Gasteiger partial charge >= 0.3 is 0 Å². The van der Waals surface area contributed by atoms with Crippen LogP contribution in [0.4, 0.5) is 0 Å². The Bertz CT molecular complexity index is 761. The van der Waals surface area contributed by atoms with Gasteiger partial charge in [0.2, 0.25) is 0 Å². The number of carbonyl (C=O) groups excluding carboxylic acids is 1. The van der Waals surface area contributed by atoms with Crippen molar-refractivity contribution in [2.24, 2.45) is 0 Å². The number of benzene rings is 1. The van der Waals surface area contributed by atoms with Crippen LogP contribution in [0.1, 0.15) is 16.9 Å². The molecule has 0 spiro atoms. The van der Waals surface area contributed by atoms with Crippen molar-refractivity contribution in [3.63, 3.8) is 0 Å². The minimum Gasteiger partial charge on any atom is -0.496 e. The lowest BCUT2D eigenvalue weighted by Crippen LogP contribution is -2.47. The molecule has 0 radical (unpaired) electrons. The van der Waals surface area contributed by atoms with E-state index < -0.39 is 5.54 Å². The van der Waals surface area contributed by atoms with Crippen LogP contribution < -0.4 is 10.1 Å². The van der Waals surface area contributed by atoms with E-state index in [2.05, 4.69) is 16.4 Å². The van der Waals surface area contributed by atoms with Crippen LogP contribution in [0.25, 0.3) is 10.6 Å². The topological polar surface area (TPSA) is 75.0 Å². The maximum atomic E-state index is 12.4. The molecule has 5 nitrogen and oxygen atoms in total. The molecule has 1 amide bonds. The van der Waals surface area contributed by atoms with E-state index in [0.29, 0.717) is 17.9 Å². The molecule has 1 N–H and O–H groups in total. The van der Waals surface area contributed by atoms with Gasteiger partial charge in [0, 0.05) is 11.1 Å². The highest BCUT2D eigenvalue weighted by Crippen LogP contribution is 2.32. The van der Waals surface area contributed by atoms with Crippen LogP contribution in [-0.4, -0.2) is 35.0 Å². The number of thiazole rings is 1. The van der Waals surface area contributed by atoms with Crippen molar-refractivity contribution in [3.8, 4) is 22.4 Å². The number of methoxy groups -OCH3 is 1. The third-order valence-corrected chi connectivity index (χ3v) is 5.73. The van der Waals surface area contributed by atoms with Gasteiger partial charge in [-0.1, -0.05) is 12.1 Å². The Labute approximate surface area is 142 Å². The number of carbonyl (C=O) groups is 1. The van der Waals surface area contributed by atoms with Crippen LogP contribution in [0.3, 0.4) is 0 Å². The van der Waals surface area contributed by atoms with E-state index in [1.807, 2.05) is 24.3 Å². The standard InChI is InChI=1S/C16H15N3O2S2/c1-21-13-5-3-2-4-11(13)15-18-12(8-23-15)14(20)19-16(9-17)6-7-22-10-16/h2-5,8H,6-7,10H2,1H3,(H,19,20). The van der Waals surface area contributed by atoms with Crippen molar-refractivity contribution in [1.82, 2.24) is 10.3 Å². The molecule has 1 aromatic carbocycles. The molecule has 0 saturated carbocycles. The number of nitrogens with zero attached hydrogens (tertiary/aromatic N) is 2. The molecule has 1 fully saturated rings. The third kappa shape index (κ3) is 3.19. The highest BCUT2D eigenvalue weighted by molar-refractivity contribution is 7.99. The molecule has 2 aromatic rings. The number of nitriles is 1. The number of para-hydroxylation sites is 1. The van der Waals surface area contributed by atoms with Crippen LogP contribution in [0, 0.1) is 11.3 Å². The molecule has 1 aliphatic rings. The zero-order valence-corrected chi connectivity index (χ0v) is 14.2. The molecule has 3 rings (SSSR count). The third-order valence-electron chi connectivity index (χ3n) is 3.66. The Morgan fingerprint density at radius 3 is 3.00 bits per heavy atom. The Balaban J connectivity index is 1.82. The van der Waals surface area contributed by atoms with Gasteiger partial charge in [0.05, 0.1) is 18.7 Å². The molecule has 1 aliphatic heterocycles. The van der Waals surface area contributed by atoms with Gasteiger partial charge in [-0.15, -0.1) is 11.3 Å². The summed E-state index contributed by atoms with van der Waals surface area (Å²) in [7, 11) is 1.61. The summed E-state index contributed by atoms with van der Waals surface area (Å²) in [6.07, 6.45) is 0.670. The maximum Gasteiger partial charge on any atom is 0.272 e. The first-order valence-corrected chi connectivity index (χ1v) is 9.11. The summed E-state index contributed by atoms with van der Waals surface area (Å²) in [6.45, 7) is 0. The van der Waals surface area contributed by atoms with Gasteiger partial charge in [-0.25, -0.2) is 4.98 Å². The summed E-state index contributed by atoms with van der Waals surface area (Å²) in [6, 6.07) is 9.79. The number of amides is 1. The number of nitrogens with one attached hydrogen (secondary N) is 1. The summed E-state index contributed by atoms with van der Waals surface area (Å²) in [5.41, 5.74) is 0.420. The average molecular weight is 345 g/mol. The summed E-state index contributed by atoms with van der Waals surface area (Å²) in [5, 5.41) is 14.6. The molecule has 1 atom stereocenters. The lowest BCUT2D eigenvalue weighted by molar-refractivity contribution is 0.0922. The smallest absolute Gasteiger partial charge is 0.272 e. The minimum absolute atomic E-state index is 0.300. The van der Waals surface area contributed by atoms with Crippen LogP contribution in [0.5, 0.6) is 5.75 Å². The first-order valence-electron chi connectivity index (χ1n) is 7.08. The number of aromatic nitrogens is 1. The molecule has 1 unspecified atom stereocenters. The molecular weight excluding hydrogens is 330 g/mol. The minimum atomic E-state index is -0.768. The van der Waals surface area contributed by atoms with Crippen molar-refractivity contribution in [2.45, 2.75) is 12.0 Å². The Morgan fingerprint density at radius 1 is 1.48 bits per heavy atom. The summed E-state index contributed by atoms with van der Waals surface area (Å²) < 4.78 is 5.33. The Kier molecular flexibility index (Phi) is 4.55. The molecule has 0 bridgehead atoms. The van der Waals surface area contributed by atoms with Crippen molar-refractivity contribution in [1.29, 1.82) is 5.26 Å². The number of hydrogen-bond donors (Lipinski definition) is 1. The van der Waals surface area contributed by atoms with Crippen LogP contribution in [0.15, 0.2) is 29.6 Å². The van der Waals surface area contributed by atoms with Gasteiger partial charge < -0.3 is 10.1 Å². The molecule has 118 valence electrons. The first-order chi connectivity index (χ1) is 11.2. The van der Waals surface area contributed by atoms with Gasteiger partial charge in [0.1, 0.15) is 22.0 Å². The summed E-state index contributed by atoms with van der Waals surface area (Å²) in [4.78, 5) is 16.8. The van der Waals surface area contributed by atoms with E-state index in [0.717, 1.165) is 22.1 Å². The normalized spacial score (nSPS) is 20.0. The van der Waals surface area contributed by atoms with Crippen LogP contribution in [0.2, 0.25) is 0 Å². The SMILES string of the molecule is COc1ccccc1-c1nc(C(=O)NC2(C#N)CCSC2)cs1. The zero-order chi connectivity index (χ0) is 16.3. The van der Waals surface area contributed by atoms with Crippen LogP contribution in [-0.2, 0) is 0 Å². The van der Waals surface area contributed by atoms with Gasteiger partial charge in [0.15, 0.2) is 0 Å². The molecule has 23 heavy (non-hydrogen) atoms. The number of hydrogen-bond acceptors (Lipinski definition) is 6. The molecule has 0 aliphatic carbocycles. The average Bonchev–Trinajstić information content (AvgIpc) is 3.24. The molecule has 7 heteroatoms. The zero-order valence-electron chi connectivity index (χ0n) is 12.5. The van der Waals surface area contributed by atoms with E-state index in [9.17, 15) is 10.1 Å². The van der Waals surface area contributed by atoms with Crippen molar-refractivity contribution < 1.29 is 9.53 Å². The maximum absolute atomic E-state index is 12.4. The highest BCUT2D eigenvalue weighted by Gasteiger charge is 2.36. The van der Waals surface area contributed by atoms with Gasteiger partial charge in [-0.05, 0) is 24.3 Å². The first kappa shape index (κ1) is 15.8. The fraction of sp³-hybridized carbons (Fsp3) is 0.312. The van der Waals surface area contributed by atoms with Crippen molar-refractivity contribution >= 4 is 29.0 Å². The molecule has 1 saturated heterocycles. The quantitative estimate of drug-likeness (QED) is 0.922. The highest BCUT2D eigenvalue weighted by atomic mass is 32.2. The second-order valence-electron chi connectivity index (χ2n) is 5.19. The molecule has 2 heterocycles. The van der Waals surface area contributed by atoms with E-state index in [1.54, 1.807) is 24.3 Å². The van der Waals surface area contributed by atoms with Crippen molar-refractivity contribution in [2.75, 3.05) is 18.6 Å². The lowest BCUT2D eigenvalue weighted by atomic mass is 10.0. The Morgan fingerprint density at radius 2 is 2.30 bits per heavy atom. The van der Waals surface area contributed by atoms with E-state index >= 15 is 0 Å². The monoisotopic (exact) mass is 345 g/mol. The summed E-state index contributed by atoms with van der Waals surface area (Å²) in [5.74, 6) is 1.93. The van der Waals surface area contributed by atoms with Gasteiger partial charge in [-0.2, -0.15) is 17.0 Å². The number of ether oxygens (including phenoxy) is 1. The fourth-order valence-corrected chi connectivity index (χ4v) is 4.48. The van der Waals surface area contributed by atoms with Crippen LogP contribution >= 0.6 is 23.1 Å². The number of thioether (sulfide) groups is 1. The second-order valence-corrected chi connectivity index (χ2v) is 7.15. The summed E-state index contributed by atoms with van der Waals surface area (Å²) >= 11 is 3.06. The van der Waals surface area contributed by atoms with E-state index in [-0.39, 0.29) is 5.91 Å². The van der Waals surface area contributed by atoms with E-state index in [4.69, 9.17) is 4.74 Å². The number of rotatable bonds is 4. The Hall–Kier alpha value is -2.04. The molecule has 1 aromatic heterocycles. The molecular formula is C16H15N3O2S2. The fourth-order valence-electron chi connectivity index (χ4n) is 2.38. The van der Waals surface area contributed by atoms with Crippen molar-refractivity contribution in [3.05, 3.63) is 35.3 Å². The van der Waals surface area contributed by atoms with E-state index in [1.165, 1.54) is 11.3 Å². The lowest BCUT2D eigenvalue weighted by Gasteiger charge is -2.20.